The van der Waals surface area contributed by atoms with Gasteiger partial charge in [-0.25, -0.2) is 0 Å². The summed E-state index contributed by atoms with van der Waals surface area (Å²) in [6.07, 6.45) is -3.09. The first-order valence-electron chi connectivity index (χ1n) is 5.18. The Bertz CT molecular complexity index is 385. The molecule has 0 aromatic heterocycles. The van der Waals surface area contributed by atoms with Crippen molar-refractivity contribution >= 4 is 28.3 Å². The molecule has 0 heterocycles. The van der Waals surface area contributed by atoms with E-state index in [-0.39, 0.29) is 12.4 Å². The van der Waals surface area contributed by atoms with Crippen molar-refractivity contribution in [2.45, 2.75) is 25.1 Å². The minimum Gasteiger partial charge on any atom is -0.330 e. The Morgan fingerprint density at radius 3 is 2.33 bits per heavy atom. The van der Waals surface area contributed by atoms with Crippen molar-refractivity contribution in [3.05, 3.63) is 33.8 Å². The molecule has 0 aliphatic carbocycles. The highest BCUT2D eigenvalue weighted by Crippen LogP contribution is 2.33. The molecule has 0 saturated heterocycles. The van der Waals surface area contributed by atoms with Crippen LogP contribution in [0.3, 0.4) is 0 Å². The van der Waals surface area contributed by atoms with Crippen LogP contribution >= 0.6 is 28.3 Å². The Morgan fingerprint density at radius 2 is 1.83 bits per heavy atom. The maximum atomic E-state index is 12.6. The van der Waals surface area contributed by atoms with Gasteiger partial charge in [-0.15, -0.1) is 12.4 Å². The van der Waals surface area contributed by atoms with E-state index in [9.17, 15) is 13.2 Å². The largest absolute Gasteiger partial charge is 0.416 e. The summed E-state index contributed by atoms with van der Waals surface area (Å²) in [4.78, 5) is 0. The molecule has 0 saturated carbocycles. The molecule has 0 aliphatic rings. The van der Waals surface area contributed by atoms with E-state index in [1.807, 2.05) is 0 Å². The quantitative estimate of drug-likeness (QED) is 0.874. The molecule has 1 atom stereocenters. The zero-order valence-electron chi connectivity index (χ0n) is 9.51. The highest BCUT2D eigenvalue weighted by Gasteiger charge is 2.31. The molecule has 7 heteroatoms. The van der Waals surface area contributed by atoms with Crippen LogP contribution in [-0.4, -0.2) is 6.54 Å². The summed E-state index contributed by atoms with van der Waals surface area (Å²) in [5.74, 6) is 0. The van der Waals surface area contributed by atoms with Crippen LogP contribution in [0.15, 0.2) is 22.7 Å². The molecular formula is C11H15BrClF3N2. The maximum absolute atomic E-state index is 12.6. The summed E-state index contributed by atoms with van der Waals surface area (Å²) < 4.78 is 38.1. The molecule has 4 N–H and O–H groups in total. The van der Waals surface area contributed by atoms with E-state index in [1.54, 1.807) is 6.07 Å². The molecular weight excluding hydrogens is 332 g/mol. The molecule has 0 aliphatic heterocycles. The fraction of sp³-hybridized carbons (Fsp3) is 0.455. The molecule has 0 spiro atoms. The van der Waals surface area contributed by atoms with Gasteiger partial charge < -0.3 is 11.5 Å². The second-order valence-corrected chi connectivity index (χ2v) is 4.72. The Kier molecular flexibility index (Phi) is 7.21. The van der Waals surface area contributed by atoms with Crippen LogP contribution in [0, 0.1) is 0 Å². The highest BCUT2D eigenvalue weighted by molar-refractivity contribution is 9.10. The van der Waals surface area contributed by atoms with E-state index in [0.29, 0.717) is 29.4 Å². The standard InChI is InChI=1S/C11H14BrF3N2.ClH/c12-9-5-7(10(17)2-1-3-16)4-8(6-9)11(13,14)15;/h4-6,10H,1-3,16-17H2;1H/t10-;/m1./s1. The van der Waals surface area contributed by atoms with Crippen LogP contribution in [0.4, 0.5) is 13.2 Å². The summed E-state index contributed by atoms with van der Waals surface area (Å²) >= 11 is 3.06. The number of benzene rings is 1. The van der Waals surface area contributed by atoms with E-state index in [0.717, 1.165) is 12.1 Å². The first kappa shape index (κ1) is 17.7. The fourth-order valence-corrected chi connectivity index (χ4v) is 2.01. The van der Waals surface area contributed by atoms with Gasteiger partial charge in [0.2, 0.25) is 0 Å². The van der Waals surface area contributed by atoms with Gasteiger partial charge in [-0.1, -0.05) is 15.9 Å². The van der Waals surface area contributed by atoms with Gasteiger partial charge in [-0.3, -0.25) is 0 Å². The lowest BCUT2D eigenvalue weighted by Crippen LogP contribution is -2.14. The van der Waals surface area contributed by atoms with Crippen molar-refractivity contribution in [3.8, 4) is 0 Å². The monoisotopic (exact) mass is 346 g/mol. The molecule has 2 nitrogen and oxygen atoms in total. The number of hydrogen-bond donors (Lipinski definition) is 2. The van der Waals surface area contributed by atoms with Crippen LogP contribution in [0.5, 0.6) is 0 Å². The number of halogens is 5. The van der Waals surface area contributed by atoms with Gasteiger partial charge in [-0.2, -0.15) is 13.2 Å². The van der Waals surface area contributed by atoms with Gasteiger partial charge in [0.05, 0.1) is 5.56 Å². The second-order valence-electron chi connectivity index (χ2n) is 3.81. The predicted molar refractivity (Wildman–Crippen MR) is 71.6 cm³/mol. The van der Waals surface area contributed by atoms with Crippen molar-refractivity contribution in [1.29, 1.82) is 0 Å². The molecule has 18 heavy (non-hydrogen) atoms. The Labute approximate surface area is 118 Å². The van der Waals surface area contributed by atoms with Gasteiger partial charge in [0, 0.05) is 10.5 Å². The third-order valence-corrected chi connectivity index (χ3v) is 2.85. The van der Waals surface area contributed by atoms with Crippen molar-refractivity contribution in [2.75, 3.05) is 6.54 Å². The van der Waals surface area contributed by atoms with Crippen LogP contribution in [-0.2, 0) is 6.18 Å². The topological polar surface area (TPSA) is 52.0 Å². The van der Waals surface area contributed by atoms with Crippen LogP contribution in [0.25, 0.3) is 0 Å². The van der Waals surface area contributed by atoms with Crippen molar-refractivity contribution in [2.24, 2.45) is 11.5 Å². The lowest BCUT2D eigenvalue weighted by molar-refractivity contribution is -0.137. The zero-order valence-corrected chi connectivity index (χ0v) is 11.9. The maximum Gasteiger partial charge on any atom is 0.416 e. The summed E-state index contributed by atoms with van der Waals surface area (Å²) in [6, 6.07) is 3.32. The third-order valence-electron chi connectivity index (χ3n) is 2.39. The van der Waals surface area contributed by atoms with Gasteiger partial charge in [0.1, 0.15) is 0 Å². The summed E-state index contributed by atoms with van der Waals surface area (Å²) in [5, 5.41) is 0. The molecule has 1 rings (SSSR count). The molecule has 0 radical (unpaired) electrons. The summed E-state index contributed by atoms with van der Waals surface area (Å²) in [7, 11) is 0. The first-order valence-corrected chi connectivity index (χ1v) is 5.97. The van der Waals surface area contributed by atoms with E-state index in [2.05, 4.69) is 15.9 Å². The van der Waals surface area contributed by atoms with Gasteiger partial charge >= 0.3 is 6.18 Å². The van der Waals surface area contributed by atoms with Crippen LogP contribution < -0.4 is 11.5 Å². The molecule has 104 valence electrons. The minimum absolute atomic E-state index is 0. The molecule has 0 amide bonds. The Morgan fingerprint density at radius 1 is 1.22 bits per heavy atom. The number of alkyl halides is 3. The van der Waals surface area contributed by atoms with Crippen LogP contribution in [0.1, 0.15) is 30.0 Å². The van der Waals surface area contributed by atoms with E-state index >= 15 is 0 Å². The van der Waals surface area contributed by atoms with Crippen molar-refractivity contribution in [1.82, 2.24) is 0 Å². The number of hydrogen-bond acceptors (Lipinski definition) is 2. The fourth-order valence-electron chi connectivity index (χ4n) is 1.49. The molecule has 0 bridgehead atoms. The van der Waals surface area contributed by atoms with Crippen molar-refractivity contribution < 1.29 is 13.2 Å². The number of nitrogens with two attached hydrogens (primary N) is 2. The van der Waals surface area contributed by atoms with Crippen LogP contribution in [0.2, 0.25) is 0 Å². The van der Waals surface area contributed by atoms with Gasteiger partial charge in [0.15, 0.2) is 0 Å². The SMILES string of the molecule is Cl.NCCC[C@@H](N)c1cc(Br)cc(C(F)(F)F)c1. The van der Waals surface area contributed by atoms with E-state index < -0.39 is 17.8 Å². The highest BCUT2D eigenvalue weighted by atomic mass is 79.9. The molecule has 0 fully saturated rings. The lowest BCUT2D eigenvalue weighted by atomic mass is 10.0. The van der Waals surface area contributed by atoms with E-state index in [1.165, 1.54) is 0 Å². The second kappa shape index (κ2) is 7.33. The van der Waals surface area contributed by atoms with Gasteiger partial charge in [0.25, 0.3) is 0 Å². The average molecular weight is 348 g/mol. The zero-order chi connectivity index (χ0) is 13.1. The Balaban J connectivity index is 0.00000289. The Hall–Kier alpha value is -0.300. The number of rotatable bonds is 4. The lowest BCUT2D eigenvalue weighted by Gasteiger charge is -2.15. The smallest absolute Gasteiger partial charge is 0.330 e. The molecule has 0 unspecified atom stereocenters. The summed E-state index contributed by atoms with van der Waals surface area (Å²) in [6.45, 7) is 0.480. The minimum atomic E-state index is -4.36. The predicted octanol–water partition coefficient (Wildman–Crippen LogP) is 3.63. The summed E-state index contributed by atoms with van der Waals surface area (Å²) in [5.41, 5.74) is 10.9. The normalized spacial score (nSPS) is 13.0. The van der Waals surface area contributed by atoms with Gasteiger partial charge in [-0.05, 0) is 43.1 Å². The third kappa shape index (κ3) is 5.14. The van der Waals surface area contributed by atoms with E-state index in [4.69, 9.17) is 11.5 Å². The van der Waals surface area contributed by atoms with Crippen molar-refractivity contribution in [3.63, 3.8) is 0 Å². The molecule has 1 aromatic rings. The molecule has 1 aromatic carbocycles. The first-order chi connectivity index (χ1) is 7.84. The average Bonchev–Trinajstić information content (AvgIpc) is 2.23.